The highest BCUT2D eigenvalue weighted by Crippen LogP contribution is 2.20. The number of unbranched alkanes of at least 4 members (excludes halogenated alkanes) is 2. The van der Waals surface area contributed by atoms with Gasteiger partial charge in [0.15, 0.2) is 5.96 Å². The van der Waals surface area contributed by atoms with Crippen molar-refractivity contribution in [1.82, 2.24) is 10.6 Å². The van der Waals surface area contributed by atoms with Crippen molar-refractivity contribution < 1.29 is 4.74 Å². The zero-order chi connectivity index (χ0) is 16.3. The SMILES string of the molecule is CCNC(=NCCCCCOC1CCCCC1)NC(C)(C)C.I. The molecule has 2 N–H and O–H groups in total. The molecule has 0 heterocycles. The maximum atomic E-state index is 5.95. The number of nitrogens with one attached hydrogen (secondary N) is 2. The van der Waals surface area contributed by atoms with E-state index < -0.39 is 0 Å². The first-order valence-corrected chi connectivity index (χ1v) is 9.19. The fourth-order valence-electron chi connectivity index (χ4n) is 2.73. The summed E-state index contributed by atoms with van der Waals surface area (Å²) in [7, 11) is 0. The van der Waals surface area contributed by atoms with E-state index >= 15 is 0 Å². The van der Waals surface area contributed by atoms with Gasteiger partial charge in [0, 0.05) is 25.2 Å². The van der Waals surface area contributed by atoms with Gasteiger partial charge in [-0.15, -0.1) is 24.0 Å². The first kappa shape index (κ1) is 23.0. The second kappa shape index (κ2) is 13.3. The topological polar surface area (TPSA) is 45.7 Å². The van der Waals surface area contributed by atoms with Crippen LogP contribution in [0.15, 0.2) is 4.99 Å². The highest BCUT2D eigenvalue weighted by Gasteiger charge is 2.13. The summed E-state index contributed by atoms with van der Waals surface area (Å²) in [5.74, 6) is 0.924. The van der Waals surface area contributed by atoms with Crippen LogP contribution in [0.2, 0.25) is 0 Å². The minimum atomic E-state index is 0. The molecule has 0 aromatic rings. The maximum Gasteiger partial charge on any atom is 0.191 e. The summed E-state index contributed by atoms with van der Waals surface area (Å²) in [6.45, 7) is 11.3. The second-order valence-electron chi connectivity index (χ2n) is 7.33. The first-order valence-electron chi connectivity index (χ1n) is 9.19. The summed E-state index contributed by atoms with van der Waals surface area (Å²) in [6, 6.07) is 0. The van der Waals surface area contributed by atoms with Crippen molar-refractivity contribution in [1.29, 1.82) is 0 Å². The molecule has 0 aromatic heterocycles. The number of hydrogen-bond donors (Lipinski definition) is 2. The van der Waals surface area contributed by atoms with Crippen LogP contribution in [0.1, 0.15) is 79.1 Å². The van der Waals surface area contributed by atoms with E-state index in [-0.39, 0.29) is 29.5 Å². The third kappa shape index (κ3) is 13.0. The van der Waals surface area contributed by atoms with Crippen molar-refractivity contribution in [2.24, 2.45) is 4.99 Å². The summed E-state index contributed by atoms with van der Waals surface area (Å²) in [4.78, 5) is 4.64. The van der Waals surface area contributed by atoms with Crippen LogP contribution in [0.3, 0.4) is 0 Å². The number of rotatable bonds is 8. The molecule has 0 aromatic carbocycles. The van der Waals surface area contributed by atoms with Crippen LogP contribution in [-0.4, -0.2) is 37.3 Å². The Labute approximate surface area is 160 Å². The number of halogens is 1. The monoisotopic (exact) mass is 439 g/mol. The lowest BCUT2D eigenvalue weighted by atomic mass is 9.98. The summed E-state index contributed by atoms with van der Waals surface area (Å²) in [6.07, 6.45) is 10.7. The molecular formula is C18H38IN3O. The van der Waals surface area contributed by atoms with Gasteiger partial charge in [0.05, 0.1) is 6.10 Å². The summed E-state index contributed by atoms with van der Waals surface area (Å²) < 4.78 is 5.95. The van der Waals surface area contributed by atoms with Crippen LogP contribution in [-0.2, 0) is 4.74 Å². The van der Waals surface area contributed by atoms with Gasteiger partial charge >= 0.3 is 0 Å². The molecule has 0 unspecified atom stereocenters. The van der Waals surface area contributed by atoms with E-state index in [0.29, 0.717) is 6.10 Å². The Kier molecular flexibility index (Phi) is 13.3. The summed E-state index contributed by atoms with van der Waals surface area (Å²) in [5, 5.41) is 6.71. The maximum absolute atomic E-state index is 5.95. The van der Waals surface area contributed by atoms with Gasteiger partial charge in [-0.05, 0) is 59.8 Å². The van der Waals surface area contributed by atoms with Crippen molar-refractivity contribution in [3.63, 3.8) is 0 Å². The van der Waals surface area contributed by atoms with E-state index in [1.54, 1.807) is 0 Å². The number of ether oxygens (including phenoxy) is 1. The standard InChI is InChI=1S/C18H37N3O.HI/c1-5-19-17(21-18(2,3)4)20-14-10-7-11-15-22-16-12-8-6-9-13-16;/h16H,5-15H2,1-4H3,(H2,19,20,21);1H. The Balaban J connectivity index is 0.00000484. The number of guanidine groups is 1. The third-order valence-corrected chi connectivity index (χ3v) is 3.82. The van der Waals surface area contributed by atoms with E-state index in [0.717, 1.165) is 38.5 Å². The minimum absolute atomic E-state index is 0. The molecular weight excluding hydrogens is 401 g/mol. The zero-order valence-corrected chi connectivity index (χ0v) is 17.9. The molecule has 138 valence electrons. The van der Waals surface area contributed by atoms with Crippen molar-refractivity contribution in [2.75, 3.05) is 19.7 Å². The van der Waals surface area contributed by atoms with E-state index in [2.05, 4.69) is 43.3 Å². The second-order valence-corrected chi connectivity index (χ2v) is 7.33. The van der Waals surface area contributed by atoms with Crippen LogP contribution in [0.4, 0.5) is 0 Å². The van der Waals surface area contributed by atoms with Crippen LogP contribution < -0.4 is 10.6 Å². The zero-order valence-electron chi connectivity index (χ0n) is 15.6. The van der Waals surface area contributed by atoms with Gasteiger partial charge in [-0.2, -0.15) is 0 Å². The van der Waals surface area contributed by atoms with Crippen molar-refractivity contribution in [3.8, 4) is 0 Å². The fraction of sp³-hybridized carbons (Fsp3) is 0.944. The molecule has 5 heteroatoms. The molecule has 1 aliphatic carbocycles. The Bertz CT molecular complexity index is 310. The smallest absolute Gasteiger partial charge is 0.191 e. The molecule has 0 amide bonds. The number of aliphatic imine (C=N–C) groups is 1. The van der Waals surface area contributed by atoms with Gasteiger partial charge in [0.25, 0.3) is 0 Å². The highest BCUT2D eigenvalue weighted by molar-refractivity contribution is 14.0. The normalized spacial score (nSPS) is 16.8. The lowest BCUT2D eigenvalue weighted by Gasteiger charge is -2.23. The molecule has 0 atom stereocenters. The van der Waals surface area contributed by atoms with E-state index in [1.165, 1.54) is 38.5 Å². The molecule has 0 spiro atoms. The average molecular weight is 439 g/mol. The predicted molar refractivity (Wildman–Crippen MR) is 111 cm³/mol. The van der Waals surface area contributed by atoms with Gasteiger partial charge in [-0.3, -0.25) is 4.99 Å². The van der Waals surface area contributed by atoms with E-state index in [1.807, 2.05) is 0 Å². The lowest BCUT2D eigenvalue weighted by molar-refractivity contribution is 0.0264. The van der Waals surface area contributed by atoms with E-state index in [9.17, 15) is 0 Å². The van der Waals surface area contributed by atoms with Gasteiger partial charge < -0.3 is 15.4 Å². The van der Waals surface area contributed by atoms with Crippen molar-refractivity contribution >= 4 is 29.9 Å². The fourth-order valence-corrected chi connectivity index (χ4v) is 2.73. The molecule has 0 radical (unpaired) electrons. The minimum Gasteiger partial charge on any atom is -0.378 e. The molecule has 0 saturated heterocycles. The summed E-state index contributed by atoms with van der Waals surface area (Å²) >= 11 is 0. The third-order valence-electron chi connectivity index (χ3n) is 3.82. The molecule has 1 saturated carbocycles. The average Bonchev–Trinajstić information content (AvgIpc) is 2.46. The van der Waals surface area contributed by atoms with Crippen LogP contribution >= 0.6 is 24.0 Å². The van der Waals surface area contributed by atoms with Gasteiger partial charge in [-0.1, -0.05) is 19.3 Å². The number of nitrogens with zero attached hydrogens (tertiary/aromatic N) is 1. The molecule has 23 heavy (non-hydrogen) atoms. The van der Waals surface area contributed by atoms with Gasteiger partial charge in [0.2, 0.25) is 0 Å². The highest BCUT2D eigenvalue weighted by atomic mass is 127. The first-order chi connectivity index (χ1) is 10.5. The van der Waals surface area contributed by atoms with Crippen molar-refractivity contribution in [2.45, 2.75) is 90.7 Å². The lowest BCUT2D eigenvalue weighted by Crippen LogP contribution is -2.47. The quantitative estimate of drug-likeness (QED) is 0.254. The molecule has 0 aliphatic heterocycles. The van der Waals surface area contributed by atoms with Gasteiger partial charge in [-0.25, -0.2) is 0 Å². The Hall–Kier alpha value is -0.0400. The molecule has 1 fully saturated rings. The Morgan fingerprint density at radius 1 is 1.09 bits per heavy atom. The largest absolute Gasteiger partial charge is 0.378 e. The van der Waals surface area contributed by atoms with Crippen LogP contribution in [0.5, 0.6) is 0 Å². The Morgan fingerprint density at radius 2 is 1.78 bits per heavy atom. The molecule has 0 bridgehead atoms. The van der Waals surface area contributed by atoms with Gasteiger partial charge in [0.1, 0.15) is 0 Å². The molecule has 1 aliphatic rings. The van der Waals surface area contributed by atoms with Crippen molar-refractivity contribution in [3.05, 3.63) is 0 Å². The number of hydrogen-bond acceptors (Lipinski definition) is 2. The summed E-state index contributed by atoms with van der Waals surface area (Å²) in [5.41, 5.74) is 0.0504. The molecule has 1 rings (SSSR count). The van der Waals surface area contributed by atoms with Crippen LogP contribution in [0, 0.1) is 0 Å². The Morgan fingerprint density at radius 3 is 2.39 bits per heavy atom. The van der Waals surface area contributed by atoms with E-state index in [4.69, 9.17) is 4.74 Å². The van der Waals surface area contributed by atoms with Crippen LogP contribution in [0.25, 0.3) is 0 Å². The predicted octanol–water partition coefficient (Wildman–Crippen LogP) is 4.48. The molecule has 4 nitrogen and oxygen atoms in total.